The Hall–Kier alpha value is -3.32. The Morgan fingerprint density at radius 2 is 1.57 bits per heavy atom. The van der Waals surface area contributed by atoms with Crippen LogP contribution in [-0.2, 0) is 6.42 Å². The molecule has 148 valence electrons. The molecule has 30 heavy (non-hydrogen) atoms. The van der Waals surface area contributed by atoms with E-state index in [0.717, 1.165) is 25.7 Å². The zero-order chi connectivity index (χ0) is 20.3. The fraction of sp³-hybridized carbons (Fsp3) is 0.172. The van der Waals surface area contributed by atoms with Crippen LogP contribution in [0.2, 0.25) is 0 Å². The highest BCUT2D eigenvalue weighted by atomic mass is 15.2. The van der Waals surface area contributed by atoms with E-state index in [4.69, 9.17) is 0 Å². The van der Waals surface area contributed by atoms with Gasteiger partial charge in [0.05, 0.1) is 5.69 Å². The van der Waals surface area contributed by atoms with E-state index in [1.54, 1.807) is 0 Å². The highest BCUT2D eigenvalue weighted by molar-refractivity contribution is 5.80. The van der Waals surface area contributed by atoms with Gasteiger partial charge in [-0.1, -0.05) is 78.4 Å². The molecular weight excluding hydrogens is 362 g/mol. The third-order valence-electron chi connectivity index (χ3n) is 6.13. The number of hydrogen-bond acceptors (Lipinski definition) is 1. The molecule has 0 atom stereocenters. The first-order valence-corrected chi connectivity index (χ1v) is 10.9. The van der Waals surface area contributed by atoms with Crippen molar-refractivity contribution in [2.75, 3.05) is 4.90 Å². The van der Waals surface area contributed by atoms with Gasteiger partial charge in [0.15, 0.2) is 0 Å². The van der Waals surface area contributed by atoms with Crippen LogP contribution in [-0.4, -0.2) is 0 Å². The number of para-hydroxylation sites is 1. The van der Waals surface area contributed by atoms with Crippen LogP contribution in [0.5, 0.6) is 0 Å². The summed E-state index contributed by atoms with van der Waals surface area (Å²) in [6, 6.07) is 26.4. The molecule has 1 nitrogen and oxygen atoms in total. The molecule has 2 aliphatic rings. The van der Waals surface area contributed by atoms with Crippen LogP contribution < -0.4 is 4.90 Å². The first-order valence-electron chi connectivity index (χ1n) is 10.9. The molecule has 5 rings (SSSR count). The van der Waals surface area contributed by atoms with E-state index in [1.807, 2.05) is 0 Å². The van der Waals surface area contributed by atoms with Gasteiger partial charge in [-0.2, -0.15) is 0 Å². The molecule has 0 unspecified atom stereocenters. The lowest BCUT2D eigenvalue weighted by atomic mass is 9.92. The second-order valence-electron chi connectivity index (χ2n) is 8.18. The molecule has 0 heterocycles. The number of aryl methyl sites for hydroxylation is 2. The van der Waals surface area contributed by atoms with Crippen LogP contribution in [0.1, 0.15) is 41.5 Å². The highest BCUT2D eigenvalue weighted by Gasteiger charge is 2.21. The molecule has 0 N–H and O–H groups in total. The van der Waals surface area contributed by atoms with Crippen molar-refractivity contribution in [2.24, 2.45) is 0 Å². The molecular formula is C29H27N. The summed E-state index contributed by atoms with van der Waals surface area (Å²) in [6.07, 6.45) is 13.6. The van der Waals surface area contributed by atoms with Gasteiger partial charge in [-0.25, -0.2) is 0 Å². The summed E-state index contributed by atoms with van der Waals surface area (Å²) in [4.78, 5) is 2.46. The summed E-state index contributed by atoms with van der Waals surface area (Å²) in [7, 11) is 0. The van der Waals surface area contributed by atoms with Crippen molar-refractivity contribution < 1.29 is 0 Å². The van der Waals surface area contributed by atoms with Crippen molar-refractivity contribution in [1.29, 1.82) is 0 Å². The molecule has 0 radical (unpaired) electrons. The predicted octanol–water partition coefficient (Wildman–Crippen LogP) is 7.85. The van der Waals surface area contributed by atoms with E-state index in [9.17, 15) is 0 Å². The summed E-state index contributed by atoms with van der Waals surface area (Å²) < 4.78 is 0. The third kappa shape index (κ3) is 3.64. The fourth-order valence-electron chi connectivity index (χ4n) is 4.50. The Balaban J connectivity index is 1.58. The maximum absolute atomic E-state index is 2.46. The van der Waals surface area contributed by atoms with Gasteiger partial charge in [0, 0.05) is 16.9 Å². The van der Waals surface area contributed by atoms with Crippen LogP contribution in [0.3, 0.4) is 0 Å². The van der Waals surface area contributed by atoms with Crippen LogP contribution >= 0.6 is 0 Å². The van der Waals surface area contributed by atoms with Gasteiger partial charge in [-0.05, 0) is 73.6 Å². The Labute approximate surface area is 179 Å². The Morgan fingerprint density at radius 3 is 2.33 bits per heavy atom. The molecule has 0 aliphatic heterocycles. The lowest BCUT2D eigenvalue weighted by Crippen LogP contribution is -2.19. The molecule has 3 aromatic rings. The van der Waals surface area contributed by atoms with E-state index < -0.39 is 0 Å². The Bertz CT molecular complexity index is 1130. The SMILES string of the molecule is Cc1ccc(C2=CC=C(N(c3ccccc3)c3cccc4c3C=CCC4)CC2)cc1. The lowest BCUT2D eigenvalue weighted by Gasteiger charge is -2.32. The minimum absolute atomic E-state index is 1.03. The van der Waals surface area contributed by atoms with E-state index >= 15 is 0 Å². The van der Waals surface area contributed by atoms with Crippen molar-refractivity contribution in [2.45, 2.75) is 32.6 Å². The van der Waals surface area contributed by atoms with Crippen molar-refractivity contribution in [3.05, 3.63) is 119 Å². The molecule has 0 aromatic heterocycles. The molecule has 0 amide bonds. The van der Waals surface area contributed by atoms with Crippen molar-refractivity contribution >= 4 is 23.0 Å². The van der Waals surface area contributed by atoms with Crippen LogP contribution in [0.4, 0.5) is 11.4 Å². The number of benzene rings is 3. The summed E-state index contributed by atoms with van der Waals surface area (Å²) in [5.41, 5.74) is 10.7. The van der Waals surface area contributed by atoms with Gasteiger partial charge < -0.3 is 4.90 Å². The predicted molar refractivity (Wildman–Crippen MR) is 129 cm³/mol. The molecule has 1 heteroatoms. The standard InChI is InChI=1S/C29H27N/c1-22-14-16-23(17-15-22)24-18-20-27(21-19-24)30(26-10-3-2-4-11-26)29-13-7-9-25-8-5-6-12-28(25)29/h2-4,6-7,9-18,20H,5,8,19,21H2,1H3. The maximum Gasteiger partial charge on any atom is 0.0533 e. The summed E-state index contributed by atoms with van der Waals surface area (Å²) in [5.74, 6) is 0. The van der Waals surface area contributed by atoms with Crippen LogP contribution in [0.15, 0.2) is 96.7 Å². The molecule has 3 aromatic carbocycles. The van der Waals surface area contributed by atoms with Crippen molar-refractivity contribution in [1.82, 2.24) is 0 Å². The zero-order valence-electron chi connectivity index (χ0n) is 17.5. The molecule has 0 bridgehead atoms. The molecule has 0 fully saturated rings. The van der Waals surface area contributed by atoms with E-state index in [2.05, 4.69) is 109 Å². The Kier molecular flexibility index (Phi) is 5.11. The summed E-state index contributed by atoms with van der Waals surface area (Å²) in [6.45, 7) is 2.14. The minimum atomic E-state index is 1.03. The molecule has 0 saturated heterocycles. The number of allylic oxidation sites excluding steroid dienone is 5. The largest absolute Gasteiger partial charge is 0.314 e. The zero-order valence-corrected chi connectivity index (χ0v) is 17.5. The number of fused-ring (bicyclic) bond motifs is 1. The van der Waals surface area contributed by atoms with Gasteiger partial charge in [-0.15, -0.1) is 0 Å². The summed E-state index contributed by atoms with van der Waals surface area (Å²) >= 11 is 0. The van der Waals surface area contributed by atoms with Crippen molar-refractivity contribution in [3.63, 3.8) is 0 Å². The number of rotatable bonds is 4. The molecule has 2 aliphatic carbocycles. The third-order valence-corrected chi connectivity index (χ3v) is 6.13. The number of nitrogens with zero attached hydrogens (tertiary/aromatic N) is 1. The number of anilines is 2. The van der Waals surface area contributed by atoms with E-state index in [1.165, 1.54) is 44.9 Å². The fourth-order valence-corrected chi connectivity index (χ4v) is 4.50. The minimum Gasteiger partial charge on any atom is -0.314 e. The smallest absolute Gasteiger partial charge is 0.0533 e. The van der Waals surface area contributed by atoms with E-state index in [0.29, 0.717) is 0 Å². The number of hydrogen-bond donors (Lipinski definition) is 0. The van der Waals surface area contributed by atoms with Gasteiger partial charge in [0.25, 0.3) is 0 Å². The van der Waals surface area contributed by atoms with Crippen LogP contribution in [0.25, 0.3) is 11.6 Å². The van der Waals surface area contributed by atoms with Crippen molar-refractivity contribution in [3.8, 4) is 0 Å². The maximum atomic E-state index is 2.46. The monoisotopic (exact) mass is 389 g/mol. The molecule has 0 saturated carbocycles. The van der Waals surface area contributed by atoms with E-state index in [-0.39, 0.29) is 0 Å². The molecule has 0 spiro atoms. The Morgan fingerprint density at radius 1 is 0.733 bits per heavy atom. The van der Waals surface area contributed by atoms with Gasteiger partial charge in [0.1, 0.15) is 0 Å². The second kappa shape index (κ2) is 8.20. The normalized spacial score (nSPS) is 15.2. The van der Waals surface area contributed by atoms with Gasteiger partial charge in [0.2, 0.25) is 0 Å². The average molecular weight is 390 g/mol. The quantitative estimate of drug-likeness (QED) is 0.439. The van der Waals surface area contributed by atoms with Gasteiger partial charge in [-0.3, -0.25) is 0 Å². The average Bonchev–Trinajstić information content (AvgIpc) is 2.81. The summed E-state index contributed by atoms with van der Waals surface area (Å²) in [5, 5.41) is 0. The first-order chi connectivity index (χ1) is 14.8. The van der Waals surface area contributed by atoms with Gasteiger partial charge >= 0.3 is 0 Å². The second-order valence-corrected chi connectivity index (χ2v) is 8.18. The topological polar surface area (TPSA) is 3.24 Å². The highest BCUT2D eigenvalue weighted by Crippen LogP contribution is 2.39. The lowest BCUT2D eigenvalue weighted by molar-refractivity contribution is 0.923. The van der Waals surface area contributed by atoms with Crippen LogP contribution in [0, 0.1) is 6.92 Å². The first kappa shape index (κ1) is 18.7.